The molecule has 1 aliphatic heterocycles. The van der Waals surface area contributed by atoms with Gasteiger partial charge in [-0.2, -0.15) is 4.98 Å². The van der Waals surface area contributed by atoms with Crippen molar-refractivity contribution in [3.8, 4) is 17.4 Å². The minimum atomic E-state index is 0. The zero-order valence-electron chi connectivity index (χ0n) is 16.8. The molecule has 0 radical (unpaired) electrons. The number of rotatable bonds is 8. The molecule has 0 spiro atoms. The van der Waals surface area contributed by atoms with Crippen LogP contribution in [0.3, 0.4) is 0 Å². The summed E-state index contributed by atoms with van der Waals surface area (Å²) in [6.07, 6.45) is 6.15. The van der Waals surface area contributed by atoms with E-state index in [2.05, 4.69) is 11.4 Å². The van der Waals surface area contributed by atoms with Crippen LogP contribution in [0.2, 0.25) is 0 Å². The second-order valence-electron chi connectivity index (χ2n) is 7.48. The van der Waals surface area contributed by atoms with Gasteiger partial charge in [-0.25, -0.2) is 4.98 Å². The summed E-state index contributed by atoms with van der Waals surface area (Å²) in [5, 5.41) is 3.45. The Morgan fingerprint density at radius 3 is 2.59 bits per heavy atom. The maximum absolute atomic E-state index is 6.17. The van der Waals surface area contributed by atoms with Crippen LogP contribution in [0.25, 0.3) is 0 Å². The summed E-state index contributed by atoms with van der Waals surface area (Å²) in [7, 11) is 3.32. The molecule has 1 aromatic heterocycles. The Kier molecular flexibility index (Phi) is 7.31. The Morgan fingerprint density at radius 1 is 1.03 bits per heavy atom. The average Bonchev–Trinajstić information content (AvgIpc) is 3.57. The van der Waals surface area contributed by atoms with Gasteiger partial charge in [-0.1, -0.05) is 13.5 Å². The monoisotopic (exact) mass is 399 g/mol. The third-order valence-corrected chi connectivity index (χ3v) is 5.40. The highest BCUT2D eigenvalue weighted by atomic mass is 16.5. The predicted molar refractivity (Wildman–Crippen MR) is 114 cm³/mol. The van der Waals surface area contributed by atoms with Crippen LogP contribution in [0.1, 0.15) is 55.3 Å². The molecule has 158 valence electrons. The summed E-state index contributed by atoms with van der Waals surface area (Å²) in [6.45, 7) is 2.59. The number of aromatic nitrogens is 2. The maximum Gasteiger partial charge on any atom is 0.220 e. The highest BCUT2D eigenvalue weighted by Crippen LogP contribution is 2.39. The van der Waals surface area contributed by atoms with Crippen LogP contribution in [-0.2, 0) is 19.3 Å². The topological polar surface area (TPSA) is 65.5 Å². The number of benzene rings is 1. The van der Waals surface area contributed by atoms with E-state index in [-0.39, 0.29) is 7.43 Å². The van der Waals surface area contributed by atoms with Crippen LogP contribution in [-0.4, -0.2) is 43.9 Å². The third kappa shape index (κ3) is 5.18. The van der Waals surface area contributed by atoms with Gasteiger partial charge >= 0.3 is 0 Å². The molecule has 0 amide bonds. The minimum Gasteiger partial charge on any atom is -0.493 e. The van der Waals surface area contributed by atoms with Crippen molar-refractivity contribution in [2.75, 3.05) is 33.9 Å². The van der Waals surface area contributed by atoms with Crippen LogP contribution in [0.5, 0.6) is 17.4 Å². The van der Waals surface area contributed by atoms with Crippen molar-refractivity contribution in [1.82, 2.24) is 15.3 Å². The fourth-order valence-electron chi connectivity index (χ4n) is 3.65. The van der Waals surface area contributed by atoms with Gasteiger partial charge in [0, 0.05) is 24.4 Å². The van der Waals surface area contributed by atoms with E-state index in [1.54, 1.807) is 14.2 Å². The fraction of sp³-hybridized carbons (Fsp3) is 0.565. The maximum atomic E-state index is 6.17. The van der Waals surface area contributed by atoms with E-state index in [0.29, 0.717) is 12.5 Å². The van der Waals surface area contributed by atoms with Gasteiger partial charge in [0.25, 0.3) is 0 Å². The first-order chi connectivity index (χ1) is 13.8. The van der Waals surface area contributed by atoms with E-state index in [1.807, 2.05) is 12.1 Å². The molecule has 1 aromatic carbocycles. The van der Waals surface area contributed by atoms with Crippen molar-refractivity contribution in [2.24, 2.45) is 0 Å². The normalized spacial score (nSPS) is 15.7. The number of hydrogen-bond donors (Lipinski definition) is 1. The number of fused-ring (bicyclic) bond motifs is 1. The predicted octanol–water partition coefficient (Wildman–Crippen LogP) is 3.71. The van der Waals surface area contributed by atoms with Crippen molar-refractivity contribution in [2.45, 2.75) is 51.9 Å². The SMILES string of the molecule is C.COc1ccc(CCCOc2nc(C3CC3)nc3c2CCNCC3)cc1OC. The molecule has 2 aromatic rings. The van der Waals surface area contributed by atoms with Crippen LogP contribution in [0, 0.1) is 0 Å². The summed E-state index contributed by atoms with van der Waals surface area (Å²) < 4.78 is 16.9. The number of hydrogen-bond acceptors (Lipinski definition) is 6. The van der Waals surface area contributed by atoms with Crippen LogP contribution >= 0.6 is 0 Å². The summed E-state index contributed by atoms with van der Waals surface area (Å²) in [4.78, 5) is 9.64. The molecule has 6 nitrogen and oxygen atoms in total. The van der Waals surface area contributed by atoms with E-state index < -0.39 is 0 Å². The smallest absolute Gasteiger partial charge is 0.220 e. The molecule has 1 aliphatic carbocycles. The van der Waals surface area contributed by atoms with Crippen LogP contribution < -0.4 is 19.5 Å². The Bertz CT molecular complexity index is 821. The van der Waals surface area contributed by atoms with Crippen molar-refractivity contribution in [3.63, 3.8) is 0 Å². The second kappa shape index (κ2) is 9.92. The molecule has 6 heteroatoms. The Labute approximate surface area is 174 Å². The zero-order chi connectivity index (χ0) is 19.3. The van der Waals surface area contributed by atoms with Gasteiger partial charge in [0.15, 0.2) is 11.5 Å². The molecule has 2 aliphatic rings. The molecule has 2 heterocycles. The van der Waals surface area contributed by atoms with Gasteiger partial charge in [0.05, 0.1) is 26.5 Å². The second-order valence-corrected chi connectivity index (χ2v) is 7.48. The molecule has 1 fully saturated rings. The molecule has 0 bridgehead atoms. The molecule has 4 rings (SSSR count). The highest BCUT2D eigenvalue weighted by Gasteiger charge is 2.29. The van der Waals surface area contributed by atoms with Crippen molar-refractivity contribution in [1.29, 1.82) is 0 Å². The first kappa shape index (κ1) is 21.4. The van der Waals surface area contributed by atoms with Crippen molar-refractivity contribution in [3.05, 3.63) is 40.8 Å². The summed E-state index contributed by atoms with van der Waals surface area (Å²) in [5.74, 6) is 3.85. The number of ether oxygens (including phenoxy) is 3. The molecule has 1 N–H and O–H groups in total. The van der Waals surface area contributed by atoms with Crippen molar-refractivity contribution < 1.29 is 14.2 Å². The molecule has 29 heavy (non-hydrogen) atoms. The molecule has 0 saturated heterocycles. The highest BCUT2D eigenvalue weighted by molar-refractivity contribution is 5.43. The van der Waals surface area contributed by atoms with Gasteiger partial charge in [-0.3, -0.25) is 0 Å². The van der Waals surface area contributed by atoms with E-state index in [1.165, 1.54) is 29.7 Å². The Morgan fingerprint density at radius 2 is 1.83 bits per heavy atom. The van der Waals surface area contributed by atoms with E-state index >= 15 is 0 Å². The summed E-state index contributed by atoms with van der Waals surface area (Å²) in [6, 6.07) is 6.07. The lowest BCUT2D eigenvalue weighted by atomic mass is 10.1. The first-order valence-corrected chi connectivity index (χ1v) is 10.2. The largest absolute Gasteiger partial charge is 0.493 e. The summed E-state index contributed by atoms with van der Waals surface area (Å²) >= 11 is 0. The van der Waals surface area contributed by atoms with Gasteiger partial charge < -0.3 is 19.5 Å². The number of nitrogens with zero attached hydrogens (tertiary/aromatic N) is 2. The van der Waals surface area contributed by atoms with E-state index in [9.17, 15) is 0 Å². The van der Waals surface area contributed by atoms with Gasteiger partial charge in [-0.05, 0) is 56.3 Å². The Balaban J connectivity index is 0.00000240. The van der Waals surface area contributed by atoms with Crippen molar-refractivity contribution >= 4 is 0 Å². The third-order valence-electron chi connectivity index (χ3n) is 5.40. The van der Waals surface area contributed by atoms with E-state index in [4.69, 9.17) is 24.2 Å². The van der Waals surface area contributed by atoms with Crippen LogP contribution in [0.4, 0.5) is 0 Å². The van der Waals surface area contributed by atoms with E-state index in [0.717, 1.165) is 62.0 Å². The molecular weight excluding hydrogens is 366 g/mol. The number of nitrogens with one attached hydrogen (secondary N) is 1. The lowest BCUT2D eigenvalue weighted by Crippen LogP contribution is -2.16. The minimum absolute atomic E-state index is 0. The molecular formula is C23H33N3O3. The first-order valence-electron chi connectivity index (χ1n) is 10.2. The fourth-order valence-corrected chi connectivity index (χ4v) is 3.65. The summed E-state index contributed by atoms with van der Waals surface area (Å²) in [5.41, 5.74) is 3.59. The quantitative estimate of drug-likeness (QED) is 0.683. The lowest BCUT2D eigenvalue weighted by Gasteiger charge is -2.14. The number of methoxy groups -OCH3 is 2. The molecule has 0 atom stereocenters. The van der Waals surface area contributed by atoms with Crippen LogP contribution in [0.15, 0.2) is 18.2 Å². The van der Waals surface area contributed by atoms with Gasteiger partial charge in [0.1, 0.15) is 5.82 Å². The molecule has 0 unspecified atom stereocenters. The standard InChI is InChI=1S/C22H29N3O3.CH4/c1-26-19-8-5-15(14-20(19)27-2)4-3-13-28-22-17-9-11-23-12-10-18(17)24-21(25-22)16-6-7-16;/h5,8,14,16,23H,3-4,6-7,9-13H2,1-2H3;1H4. The zero-order valence-corrected chi connectivity index (χ0v) is 16.8. The van der Waals surface area contributed by atoms with Gasteiger partial charge in [-0.15, -0.1) is 0 Å². The average molecular weight is 400 g/mol. The molecule has 1 saturated carbocycles. The number of aryl methyl sites for hydroxylation is 1. The van der Waals surface area contributed by atoms with Gasteiger partial charge in [0.2, 0.25) is 5.88 Å². The lowest BCUT2D eigenvalue weighted by molar-refractivity contribution is 0.293. The Hall–Kier alpha value is -2.34.